The average molecular weight is 354 g/mol. The molecule has 3 aromatic rings. The van der Waals surface area contributed by atoms with Crippen molar-refractivity contribution in [2.75, 3.05) is 0 Å². The molecule has 0 radical (unpaired) electrons. The van der Waals surface area contributed by atoms with E-state index in [2.05, 4.69) is 64.1 Å². The van der Waals surface area contributed by atoms with Gasteiger partial charge in [-0.25, -0.2) is 0 Å². The highest BCUT2D eigenvalue weighted by Crippen LogP contribution is 2.55. The zero-order chi connectivity index (χ0) is 19.1. The van der Waals surface area contributed by atoms with Gasteiger partial charge in [0.1, 0.15) is 0 Å². The Balaban J connectivity index is 1.82. The van der Waals surface area contributed by atoms with Gasteiger partial charge in [0, 0.05) is 10.8 Å². The summed E-state index contributed by atoms with van der Waals surface area (Å²) in [6.07, 6.45) is 0. The summed E-state index contributed by atoms with van der Waals surface area (Å²) >= 11 is 0. The van der Waals surface area contributed by atoms with Crippen molar-refractivity contribution < 1.29 is 10.0 Å². The topological polar surface area (TPSA) is 40.5 Å². The van der Waals surface area contributed by atoms with E-state index in [1.54, 1.807) is 0 Å². The number of benzene rings is 3. The summed E-state index contributed by atoms with van der Waals surface area (Å²) in [6, 6.07) is 19.2. The monoisotopic (exact) mass is 354 g/mol. The molecule has 0 saturated heterocycles. The minimum Gasteiger partial charge on any atom is -0.423 e. The lowest BCUT2D eigenvalue weighted by Gasteiger charge is -2.24. The highest BCUT2D eigenvalue weighted by Gasteiger charge is 2.41. The predicted molar refractivity (Wildman–Crippen MR) is 111 cm³/mol. The molecule has 2 N–H and O–H groups in total. The maximum absolute atomic E-state index is 9.64. The first kappa shape index (κ1) is 16.8. The van der Waals surface area contributed by atoms with Gasteiger partial charge in [-0.05, 0) is 62.1 Å². The van der Waals surface area contributed by atoms with Crippen LogP contribution in [0.25, 0.3) is 22.3 Å². The molecule has 134 valence electrons. The molecule has 0 amide bonds. The van der Waals surface area contributed by atoms with Crippen LogP contribution in [0.5, 0.6) is 0 Å². The summed E-state index contributed by atoms with van der Waals surface area (Å²) in [5.41, 5.74) is 10.7. The van der Waals surface area contributed by atoms with Gasteiger partial charge in [-0.2, -0.15) is 0 Å². The minimum absolute atomic E-state index is 0.0397. The van der Waals surface area contributed by atoms with Crippen molar-refractivity contribution in [3.63, 3.8) is 0 Å². The van der Waals surface area contributed by atoms with E-state index in [4.69, 9.17) is 0 Å². The lowest BCUT2D eigenvalue weighted by molar-refractivity contribution is 0.426. The minimum atomic E-state index is -1.45. The first-order valence-corrected chi connectivity index (χ1v) is 9.53. The van der Waals surface area contributed by atoms with Gasteiger partial charge in [0.25, 0.3) is 0 Å². The van der Waals surface area contributed by atoms with Gasteiger partial charge in [-0.3, -0.25) is 0 Å². The van der Waals surface area contributed by atoms with Gasteiger partial charge in [0.05, 0.1) is 0 Å². The highest BCUT2D eigenvalue weighted by atomic mass is 16.4. The summed E-state index contributed by atoms with van der Waals surface area (Å²) < 4.78 is 0. The summed E-state index contributed by atoms with van der Waals surface area (Å²) in [5, 5.41) is 19.3. The molecule has 0 aromatic heterocycles. The molecule has 0 fully saturated rings. The van der Waals surface area contributed by atoms with Gasteiger partial charge in [-0.1, -0.05) is 70.2 Å². The standard InChI is InChI=1S/C24H23BO2/c1-23(2)19-8-6-5-7-15(19)17-12-22-18(13-21(17)23)16-11-14(25(26)27)9-10-20(16)24(22,3)4/h5-13,26-27H,1-4H3. The van der Waals surface area contributed by atoms with Crippen molar-refractivity contribution in [3.8, 4) is 22.3 Å². The zero-order valence-corrected chi connectivity index (χ0v) is 16.2. The molecular formula is C24H23BO2. The van der Waals surface area contributed by atoms with E-state index in [9.17, 15) is 10.0 Å². The molecular weight excluding hydrogens is 331 g/mol. The first-order chi connectivity index (χ1) is 12.7. The molecule has 2 aliphatic rings. The van der Waals surface area contributed by atoms with Crippen LogP contribution in [-0.2, 0) is 10.8 Å². The molecule has 0 bridgehead atoms. The van der Waals surface area contributed by atoms with Crippen molar-refractivity contribution in [2.45, 2.75) is 38.5 Å². The van der Waals surface area contributed by atoms with E-state index in [1.165, 1.54) is 38.9 Å². The molecule has 0 saturated carbocycles. The van der Waals surface area contributed by atoms with Crippen LogP contribution in [0.15, 0.2) is 54.6 Å². The number of hydrogen-bond acceptors (Lipinski definition) is 2. The third-order valence-electron chi connectivity index (χ3n) is 6.70. The van der Waals surface area contributed by atoms with Crippen molar-refractivity contribution in [2.24, 2.45) is 0 Å². The second-order valence-corrected chi connectivity index (χ2v) is 8.92. The van der Waals surface area contributed by atoms with Crippen LogP contribution in [-0.4, -0.2) is 17.2 Å². The Hall–Kier alpha value is -2.36. The fourth-order valence-corrected chi connectivity index (χ4v) is 5.12. The van der Waals surface area contributed by atoms with Crippen molar-refractivity contribution in [1.29, 1.82) is 0 Å². The Morgan fingerprint density at radius 2 is 1.11 bits per heavy atom. The van der Waals surface area contributed by atoms with Crippen molar-refractivity contribution >= 4 is 12.6 Å². The number of hydrogen-bond donors (Lipinski definition) is 2. The maximum Gasteiger partial charge on any atom is 0.488 e. The Labute approximate surface area is 160 Å². The predicted octanol–water partition coefficient (Wildman–Crippen LogP) is 3.98. The molecule has 27 heavy (non-hydrogen) atoms. The molecule has 0 aliphatic heterocycles. The van der Waals surface area contributed by atoms with Crippen molar-refractivity contribution in [1.82, 2.24) is 0 Å². The molecule has 5 rings (SSSR count). The molecule has 2 nitrogen and oxygen atoms in total. The van der Waals surface area contributed by atoms with Crippen LogP contribution in [0, 0.1) is 0 Å². The second-order valence-electron chi connectivity index (χ2n) is 8.92. The first-order valence-electron chi connectivity index (χ1n) is 9.53. The van der Waals surface area contributed by atoms with Gasteiger partial charge in [0.15, 0.2) is 0 Å². The SMILES string of the molecule is CC1(C)c2ccccc2-c2cc3c(cc21)-c1cc(B(O)O)ccc1C3(C)C. The fourth-order valence-electron chi connectivity index (χ4n) is 5.12. The van der Waals surface area contributed by atoms with Crippen LogP contribution in [0.3, 0.4) is 0 Å². The molecule has 3 aromatic carbocycles. The van der Waals surface area contributed by atoms with Crippen LogP contribution >= 0.6 is 0 Å². The number of fused-ring (bicyclic) bond motifs is 6. The molecule has 0 unspecified atom stereocenters. The average Bonchev–Trinajstić information content (AvgIpc) is 3.00. The molecule has 2 aliphatic carbocycles. The van der Waals surface area contributed by atoms with Crippen molar-refractivity contribution in [3.05, 3.63) is 76.9 Å². The van der Waals surface area contributed by atoms with Gasteiger partial charge in [-0.15, -0.1) is 0 Å². The molecule has 0 atom stereocenters. The van der Waals surface area contributed by atoms with E-state index < -0.39 is 7.12 Å². The van der Waals surface area contributed by atoms with E-state index in [0.717, 1.165) is 5.56 Å². The molecule has 0 spiro atoms. The Morgan fingerprint density at radius 1 is 0.593 bits per heavy atom. The lowest BCUT2D eigenvalue weighted by atomic mass is 9.77. The maximum atomic E-state index is 9.64. The highest BCUT2D eigenvalue weighted by molar-refractivity contribution is 6.58. The van der Waals surface area contributed by atoms with Crippen LogP contribution < -0.4 is 5.46 Å². The van der Waals surface area contributed by atoms with Gasteiger partial charge < -0.3 is 10.0 Å². The smallest absolute Gasteiger partial charge is 0.423 e. The van der Waals surface area contributed by atoms with Gasteiger partial charge in [0.2, 0.25) is 0 Å². The molecule has 3 heteroatoms. The number of rotatable bonds is 1. The molecule has 0 heterocycles. The Morgan fingerprint density at radius 3 is 1.74 bits per heavy atom. The largest absolute Gasteiger partial charge is 0.488 e. The van der Waals surface area contributed by atoms with Crippen LogP contribution in [0.1, 0.15) is 49.9 Å². The fraction of sp³-hybridized carbons (Fsp3) is 0.250. The van der Waals surface area contributed by atoms with E-state index >= 15 is 0 Å². The van der Waals surface area contributed by atoms with E-state index in [1.807, 2.05) is 18.2 Å². The van der Waals surface area contributed by atoms with Crippen LogP contribution in [0.2, 0.25) is 0 Å². The summed E-state index contributed by atoms with van der Waals surface area (Å²) in [7, 11) is -1.45. The summed E-state index contributed by atoms with van der Waals surface area (Å²) in [4.78, 5) is 0. The second kappa shape index (κ2) is 5.12. The zero-order valence-electron chi connectivity index (χ0n) is 16.2. The summed E-state index contributed by atoms with van der Waals surface area (Å²) in [5.74, 6) is 0. The Bertz CT molecular complexity index is 1110. The lowest BCUT2D eigenvalue weighted by Crippen LogP contribution is -2.30. The summed E-state index contributed by atoms with van der Waals surface area (Å²) in [6.45, 7) is 9.09. The third kappa shape index (κ3) is 2.04. The van der Waals surface area contributed by atoms with Gasteiger partial charge >= 0.3 is 7.12 Å². The van der Waals surface area contributed by atoms with E-state index in [0.29, 0.717) is 5.46 Å². The third-order valence-corrected chi connectivity index (χ3v) is 6.70. The Kier molecular flexibility index (Phi) is 3.19. The quantitative estimate of drug-likeness (QED) is 0.649. The van der Waals surface area contributed by atoms with E-state index in [-0.39, 0.29) is 10.8 Å². The normalized spacial score (nSPS) is 17.1. The van der Waals surface area contributed by atoms with Crippen LogP contribution in [0.4, 0.5) is 0 Å².